The summed E-state index contributed by atoms with van der Waals surface area (Å²) in [5, 5.41) is 9.78. The second-order valence-electron chi connectivity index (χ2n) is 4.35. The van der Waals surface area contributed by atoms with Crippen molar-refractivity contribution in [1.29, 1.82) is 0 Å². The third-order valence-electron chi connectivity index (χ3n) is 3.26. The smallest absolute Gasteiger partial charge is 0.259 e. The van der Waals surface area contributed by atoms with E-state index >= 15 is 0 Å². The van der Waals surface area contributed by atoms with Crippen LogP contribution in [0.15, 0.2) is 12.3 Å². The second kappa shape index (κ2) is 3.59. The first-order valence-electron chi connectivity index (χ1n) is 5.54. The van der Waals surface area contributed by atoms with Gasteiger partial charge in [-0.25, -0.2) is 4.98 Å². The van der Waals surface area contributed by atoms with E-state index in [4.69, 9.17) is 10.5 Å². The lowest BCUT2D eigenvalue weighted by Crippen LogP contribution is -2.41. The largest absolute Gasteiger partial charge is 0.475 e. The Balaban J connectivity index is 2.04. The molecule has 6 heteroatoms. The molecule has 1 fully saturated rings. The van der Waals surface area contributed by atoms with Gasteiger partial charge in [0, 0.05) is 6.54 Å². The quantitative estimate of drug-likeness (QED) is 0.640. The number of nitrogens with two attached hydrogens (primary N) is 1. The van der Waals surface area contributed by atoms with Crippen molar-refractivity contribution < 1.29 is 14.6 Å². The number of aliphatic hydroxyl groups excluding tert-OH is 1. The van der Waals surface area contributed by atoms with Gasteiger partial charge in [0.1, 0.15) is 12.2 Å². The molecule has 0 bridgehead atoms. The number of hydrogen-bond acceptors (Lipinski definition) is 5. The molecule has 17 heavy (non-hydrogen) atoms. The minimum Gasteiger partial charge on any atom is -0.475 e. The molecule has 0 unspecified atom stereocenters. The van der Waals surface area contributed by atoms with Gasteiger partial charge in [0.2, 0.25) is 5.88 Å². The van der Waals surface area contributed by atoms with Gasteiger partial charge in [0.15, 0.2) is 0 Å². The summed E-state index contributed by atoms with van der Waals surface area (Å²) in [5.74, 6) is 0.129. The Morgan fingerprint density at radius 1 is 1.59 bits per heavy atom. The predicted molar refractivity (Wildman–Crippen MR) is 59.6 cm³/mol. The number of anilines is 1. The van der Waals surface area contributed by atoms with E-state index in [0.29, 0.717) is 30.1 Å². The van der Waals surface area contributed by atoms with Gasteiger partial charge in [0.05, 0.1) is 24.0 Å². The van der Waals surface area contributed by atoms with E-state index in [1.54, 1.807) is 11.0 Å². The van der Waals surface area contributed by atoms with Crippen molar-refractivity contribution in [2.24, 2.45) is 0 Å². The Labute approximate surface area is 98.0 Å². The van der Waals surface area contributed by atoms with Crippen LogP contribution in [0.3, 0.4) is 0 Å². The fourth-order valence-electron chi connectivity index (χ4n) is 2.35. The molecule has 1 aromatic rings. The molecular weight excluding hydrogens is 222 g/mol. The van der Waals surface area contributed by atoms with Crippen LogP contribution in [0.5, 0.6) is 5.88 Å². The van der Waals surface area contributed by atoms with Gasteiger partial charge < -0.3 is 20.5 Å². The lowest BCUT2D eigenvalue weighted by Gasteiger charge is -2.22. The molecule has 3 rings (SSSR count). The number of fused-ring (bicyclic) bond motifs is 2. The lowest BCUT2D eigenvalue weighted by atomic mass is 10.2. The molecular formula is C11H13N3O3. The molecule has 3 N–H and O–H groups in total. The summed E-state index contributed by atoms with van der Waals surface area (Å²) in [6.45, 7) is 0.819. The minimum absolute atomic E-state index is 0.168. The molecule has 90 valence electrons. The third-order valence-corrected chi connectivity index (χ3v) is 3.26. The zero-order valence-electron chi connectivity index (χ0n) is 9.17. The van der Waals surface area contributed by atoms with Crippen molar-refractivity contribution in [1.82, 2.24) is 9.88 Å². The molecule has 0 saturated carbocycles. The van der Waals surface area contributed by atoms with Gasteiger partial charge in [-0.15, -0.1) is 0 Å². The van der Waals surface area contributed by atoms with Gasteiger partial charge in [-0.3, -0.25) is 4.79 Å². The number of rotatable bonds is 0. The number of hydrogen-bond donors (Lipinski definition) is 2. The summed E-state index contributed by atoms with van der Waals surface area (Å²) in [5.41, 5.74) is 6.43. The average molecular weight is 235 g/mol. The fraction of sp³-hybridized carbons (Fsp3) is 0.455. The zero-order chi connectivity index (χ0) is 12.0. The van der Waals surface area contributed by atoms with Crippen LogP contribution in [0.25, 0.3) is 0 Å². The molecule has 6 nitrogen and oxygen atoms in total. The van der Waals surface area contributed by atoms with Crippen molar-refractivity contribution >= 4 is 11.6 Å². The highest BCUT2D eigenvalue weighted by molar-refractivity contribution is 5.97. The number of nitrogen functional groups attached to an aromatic ring is 1. The summed E-state index contributed by atoms with van der Waals surface area (Å²) < 4.78 is 5.47. The topological polar surface area (TPSA) is 88.7 Å². The Morgan fingerprint density at radius 2 is 2.41 bits per heavy atom. The van der Waals surface area contributed by atoms with Crippen molar-refractivity contribution in [3.8, 4) is 5.88 Å². The molecule has 1 saturated heterocycles. The first-order chi connectivity index (χ1) is 8.16. The van der Waals surface area contributed by atoms with E-state index in [0.717, 1.165) is 0 Å². The van der Waals surface area contributed by atoms with E-state index in [9.17, 15) is 9.90 Å². The Kier molecular flexibility index (Phi) is 2.19. The lowest BCUT2D eigenvalue weighted by molar-refractivity contribution is 0.0580. The normalized spacial score (nSPS) is 27.1. The van der Waals surface area contributed by atoms with Gasteiger partial charge in [-0.1, -0.05) is 0 Å². The molecule has 0 radical (unpaired) electrons. The highest BCUT2D eigenvalue weighted by Crippen LogP contribution is 2.29. The molecule has 1 aromatic heterocycles. The Morgan fingerprint density at radius 3 is 3.24 bits per heavy atom. The predicted octanol–water partition coefficient (Wildman–Crippen LogP) is -0.368. The monoisotopic (exact) mass is 235 g/mol. The summed E-state index contributed by atoms with van der Waals surface area (Å²) in [4.78, 5) is 17.9. The SMILES string of the molecule is Nc1cnc2c(c1)C(=O)N1CC[C@H](O)[C@@H]1CO2. The highest BCUT2D eigenvalue weighted by Gasteiger charge is 2.40. The van der Waals surface area contributed by atoms with Crippen LogP contribution in [-0.4, -0.2) is 46.2 Å². The summed E-state index contributed by atoms with van der Waals surface area (Å²) >= 11 is 0. The van der Waals surface area contributed by atoms with Crippen LogP contribution in [0.1, 0.15) is 16.8 Å². The van der Waals surface area contributed by atoms with Crippen LogP contribution in [0.2, 0.25) is 0 Å². The van der Waals surface area contributed by atoms with Crippen molar-refractivity contribution in [2.75, 3.05) is 18.9 Å². The van der Waals surface area contributed by atoms with Crippen LogP contribution in [-0.2, 0) is 0 Å². The summed E-state index contributed by atoms with van der Waals surface area (Å²) in [6, 6.07) is 1.29. The van der Waals surface area contributed by atoms with Gasteiger partial charge in [-0.05, 0) is 12.5 Å². The number of aliphatic hydroxyl groups is 1. The van der Waals surface area contributed by atoms with Crippen LogP contribution >= 0.6 is 0 Å². The average Bonchev–Trinajstić information content (AvgIpc) is 2.61. The maximum atomic E-state index is 12.3. The van der Waals surface area contributed by atoms with Crippen LogP contribution in [0, 0.1) is 0 Å². The Bertz CT molecular complexity index is 477. The number of carbonyl (C=O) groups is 1. The van der Waals surface area contributed by atoms with Crippen molar-refractivity contribution in [3.63, 3.8) is 0 Å². The first kappa shape index (κ1) is 10.3. The number of ether oxygens (including phenoxy) is 1. The summed E-state index contributed by atoms with van der Waals surface area (Å²) in [7, 11) is 0. The molecule has 2 aliphatic rings. The van der Waals surface area contributed by atoms with Gasteiger partial charge >= 0.3 is 0 Å². The number of amides is 1. The zero-order valence-corrected chi connectivity index (χ0v) is 9.17. The highest BCUT2D eigenvalue weighted by atomic mass is 16.5. The van der Waals surface area contributed by atoms with Gasteiger partial charge in [-0.2, -0.15) is 0 Å². The maximum Gasteiger partial charge on any atom is 0.259 e. The number of pyridine rings is 1. The van der Waals surface area contributed by atoms with Crippen molar-refractivity contribution in [2.45, 2.75) is 18.6 Å². The molecule has 0 aromatic carbocycles. The summed E-state index contributed by atoms with van der Waals surface area (Å²) in [6.07, 6.45) is 1.52. The fourth-order valence-corrected chi connectivity index (χ4v) is 2.35. The standard InChI is InChI=1S/C11H13N3O3/c12-6-3-7-10(13-4-6)17-5-8-9(15)1-2-14(8)11(7)16/h3-4,8-9,15H,1-2,5,12H2/t8-,9-/m0/s1. The van der Waals surface area contributed by atoms with E-state index in [1.807, 2.05) is 0 Å². The first-order valence-corrected chi connectivity index (χ1v) is 5.54. The maximum absolute atomic E-state index is 12.3. The van der Waals surface area contributed by atoms with E-state index < -0.39 is 6.10 Å². The molecule has 3 heterocycles. The minimum atomic E-state index is -0.523. The van der Waals surface area contributed by atoms with E-state index in [-0.39, 0.29) is 18.6 Å². The number of nitrogens with zero attached hydrogens (tertiary/aromatic N) is 2. The molecule has 0 aliphatic carbocycles. The molecule has 2 atom stereocenters. The molecule has 2 aliphatic heterocycles. The van der Waals surface area contributed by atoms with Crippen LogP contribution in [0.4, 0.5) is 5.69 Å². The number of aromatic nitrogens is 1. The number of carbonyl (C=O) groups excluding carboxylic acids is 1. The Hall–Kier alpha value is -1.82. The van der Waals surface area contributed by atoms with E-state index in [2.05, 4.69) is 4.98 Å². The molecule has 0 spiro atoms. The third kappa shape index (κ3) is 1.52. The second-order valence-corrected chi connectivity index (χ2v) is 4.35. The molecule has 1 amide bonds. The van der Waals surface area contributed by atoms with Crippen molar-refractivity contribution in [3.05, 3.63) is 17.8 Å². The van der Waals surface area contributed by atoms with E-state index in [1.165, 1.54) is 6.20 Å². The van der Waals surface area contributed by atoms with Gasteiger partial charge in [0.25, 0.3) is 5.91 Å². The van der Waals surface area contributed by atoms with Crippen LogP contribution < -0.4 is 10.5 Å².